The number of Topliss-reactive ketones (excluding diaryl/α,β-unsaturated/α-hetero) is 1. The fourth-order valence-corrected chi connectivity index (χ4v) is 10.8. The number of ether oxygens (including phenoxy) is 2. The normalized spacial score (nSPS) is 25.4. The van der Waals surface area contributed by atoms with Crippen molar-refractivity contribution in [2.45, 2.75) is 106 Å². The molecule has 9 rings (SSSR count). The molecule has 1 saturated carbocycles. The molecule has 2 aliphatic carbocycles. The lowest BCUT2D eigenvalue weighted by molar-refractivity contribution is -0.124. The second-order valence-electron chi connectivity index (χ2n) is 16.2. The molecule has 1 saturated heterocycles. The van der Waals surface area contributed by atoms with Crippen LogP contribution >= 0.6 is 0 Å². The first-order valence-corrected chi connectivity index (χ1v) is 20.3. The molecule has 8 heteroatoms. The molecule has 4 aliphatic heterocycles. The lowest BCUT2D eigenvalue weighted by Gasteiger charge is -2.46. The van der Waals surface area contributed by atoms with Gasteiger partial charge in [-0.2, -0.15) is 8.42 Å². The maximum Gasteiger partial charge on any atom is 0.294 e. The number of hydrogen-bond donors (Lipinski definition) is 1. The summed E-state index contributed by atoms with van der Waals surface area (Å²) >= 11 is 0. The van der Waals surface area contributed by atoms with E-state index in [1.807, 2.05) is 12.1 Å². The molecule has 6 aliphatic rings. The van der Waals surface area contributed by atoms with Gasteiger partial charge >= 0.3 is 0 Å². The molecule has 51 heavy (non-hydrogen) atoms. The van der Waals surface area contributed by atoms with Crippen molar-refractivity contribution in [3.8, 4) is 0 Å². The summed E-state index contributed by atoms with van der Waals surface area (Å²) in [4.78, 5) is 15.5. The second-order valence-corrected chi connectivity index (χ2v) is 17.6. The molecule has 2 atom stereocenters. The van der Waals surface area contributed by atoms with Gasteiger partial charge in [0, 0.05) is 59.9 Å². The summed E-state index contributed by atoms with van der Waals surface area (Å²) in [7, 11) is -4.31. The Hall–Kier alpha value is -3.56. The van der Waals surface area contributed by atoms with E-state index >= 15 is 0 Å². The van der Waals surface area contributed by atoms with Gasteiger partial charge < -0.3 is 14.4 Å². The minimum Gasteiger partial charge on any atom is -0.381 e. The van der Waals surface area contributed by atoms with Crippen LogP contribution in [-0.4, -0.2) is 50.7 Å². The van der Waals surface area contributed by atoms with Gasteiger partial charge in [-0.3, -0.25) is 9.35 Å². The molecule has 0 bridgehead atoms. The predicted octanol–water partition coefficient (Wildman–Crippen LogP) is 8.09. The zero-order chi connectivity index (χ0) is 35.3. The number of anilines is 1. The van der Waals surface area contributed by atoms with Crippen molar-refractivity contribution in [1.82, 2.24) is 0 Å². The molecule has 1 N–H and O–H groups in total. The monoisotopic (exact) mass is 705 g/mol. The van der Waals surface area contributed by atoms with Gasteiger partial charge in [0.25, 0.3) is 10.1 Å². The molecule has 3 aromatic rings. The van der Waals surface area contributed by atoms with Crippen molar-refractivity contribution >= 4 is 32.4 Å². The molecule has 4 heterocycles. The van der Waals surface area contributed by atoms with E-state index in [1.165, 1.54) is 34.0 Å². The molecular formula is C43H47NO6S. The van der Waals surface area contributed by atoms with Gasteiger partial charge in [-0.25, -0.2) is 0 Å². The average Bonchev–Trinajstić information content (AvgIpc) is 3.34. The van der Waals surface area contributed by atoms with E-state index in [4.69, 9.17) is 16.1 Å². The average molecular weight is 706 g/mol. The van der Waals surface area contributed by atoms with Crippen LogP contribution in [0.1, 0.15) is 87.5 Å². The van der Waals surface area contributed by atoms with Gasteiger partial charge in [0.2, 0.25) is 0 Å². The first kappa shape index (κ1) is 33.3. The number of hydrogen-bond acceptors (Lipinski definition) is 6. The third-order valence-electron chi connectivity index (χ3n) is 13.1. The maximum atomic E-state index is 13.1. The molecule has 0 aromatic heterocycles. The summed E-state index contributed by atoms with van der Waals surface area (Å²) in [5.74, 6) is 0.601. The summed E-state index contributed by atoms with van der Waals surface area (Å²) in [6.45, 7) is 11.6. The molecule has 1 spiro atoms. The molecule has 2 unspecified atom stereocenters. The van der Waals surface area contributed by atoms with E-state index < -0.39 is 10.1 Å². The first-order valence-electron chi connectivity index (χ1n) is 18.8. The Balaban J connectivity index is 1.17. The van der Waals surface area contributed by atoms with Gasteiger partial charge in [0.15, 0.2) is 0 Å². The fraction of sp³-hybridized carbons (Fsp3) is 0.465. The van der Waals surface area contributed by atoms with E-state index in [0.717, 1.165) is 97.5 Å². The zero-order valence-corrected chi connectivity index (χ0v) is 30.5. The largest absolute Gasteiger partial charge is 0.381 e. The minimum atomic E-state index is -4.31. The third kappa shape index (κ3) is 5.23. The summed E-state index contributed by atoms with van der Waals surface area (Å²) in [6.07, 6.45) is 11.5. The van der Waals surface area contributed by atoms with Crippen molar-refractivity contribution in [3.05, 3.63) is 106 Å². The van der Waals surface area contributed by atoms with E-state index in [-0.39, 0.29) is 33.9 Å². The number of carbonyl (C=O) groups is 1. The molecular weight excluding hydrogens is 659 g/mol. The van der Waals surface area contributed by atoms with E-state index in [0.29, 0.717) is 25.4 Å². The number of benzene rings is 3. The van der Waals surface area contributed by atoms with Gasteiger partial charge in [0.05, 0.1) is 17.1 Å². The van der Waals surface area contributed by atoms with Crippen LogP contribution in [0.15, 0.2) is 88.5 Å². The molecule has 2 fully saturated rings. The summed E-state index contributed by atoms with van der Waals surface area (Å²) in [6, 6.07) is 15.8. The van der Waals surface area contributed by atoms with Crippen LogP contribution in [0.4, 0.5) is 5.69 Å². The van der Waals surface area contributed by atoms with Gasteiger partial charge in [-0.1, -0.05) is 57.2 Å². The number of rotatable bonds is 4. The maximum absolute atomic E-state index is 13.1. The second kappa shape index (κ2) is 12.0. The first-order chi connectivity index (χ1) is 24.5. The minimum absolute atomic E-state index is 0.0262. The third-order valence-corrected chi connectivity index (χ3v) is 13.9. The van der Waals surface area contributed by atoms with E-state index in [1.54, 1.807) is 6.07 Å². The molecule has 0 radical (unpaired) electrons. The molecule has 3 aromatic carbocycles. The number of carbonyl (C=O) groups excluding carboxylic acids is 1. The van der Waals surface area contributed by atoms with Crippen molar-refractivity contribution in [2.75, 3.05) is 24.7 Å². The number of allylic oxidation sites excluding steroid dienone is 1. The highest BCUT2D eigenvalue weighted by Crippen LogP contribution is 2.56. The lowest BCUT2D eigenvalue weighted by Crippen LogP contribution is -2.44. The molecule has 266 valence electrons. The highest BCUT2D eigenvalue weighted by molar-refractivity contribution is 7.85. The van der Waals surface area contributed by atoms with Gasteiger partial charge in [0.1, 0.15) is 5.78 Å². The van der Waals surface area contributed by atoms with Gasteiger partial charge in [-0.05, 0) is 120 Å². The Bertz CT molecular complexity index is 2170. The number of nitrogens with zero attached hydrogens (tertiary/aromatic N) is 1. The fourth-order valence-electron chi connectivity index (χ4n) is 10.2. The summed E-state index contributed by atoms with van der Waals surface area (Å²) in [5.41, 5.74) is 10.2. The van der Waals surface area contributed by atoms with Crippen LogP contribution in [0.2, 0.25) is 0 Å². The lowest BCUT2D eigenvalue weighted by atomic mass is 9.64. The highest BCUT2D eigenvalue weighted by atomic mass is 32.2. The number of fused-ring (bicyclic) bond motifs is 9. The Kier molecular flexibility index (Phi) is 7.82. The van der Waals surface area contributed by atoms with Crippen LogP contribution in [0.25, 0.3) is 10.8 Å². The highest BCUT2D eigenvalue weighted by Gasteiger charge is 2.49. The predicted molar refractivity (Wildman–Crippen MR) is 199 cm³/mol. The number of ketones is 1. The molecule has 7 nitrogen and oxygen atoms in total. The smallest absolute Gasteiger partial charge is 0.294 e. The van der Waals surface area contributed by atoms with Crippen molar-refractivity contribution in [1.29, 1.82) is 0 Å². The summed E-state index contributed by atoms with van der Waals surface area (Å²) < 4.78 is 46.9. The van der Waals surface area contributed by atoms with Crippen LogP contribution in [0, 0.1) is 5.92 Å². The van der Waals surface area contributed by atoms with Crippen molar-refractivity contribution in [3.63, 3.8) is 0 Å². The van der Waals surface area contributed by atoms with Crippen LogP contribution in [-0.2, 0) is 48.1 Å². The Morgan fingerprint density at radius 1 is 0.980 bits per heavy atom. The topological polar surface area (TPSA) is 93.1 Å². The number of aryl methyl sites for hydroxylation is 1. The Labute approximate surface area is 301 Å². The standard InChI is InChI=1S/C43H47NO6S/c1-26-33-25-34-39(16-19-44-36-15-12-30-24-31(51(46,47)48)13-14-32(30)40(36)42(2,3)41(34)44)50-38(33)9-5-6-28-11-10-27(23-37(45)29-7-4-8-29)22-35(28)43(26)17-20-49-21-18-43/h10-15,22,24-25,29,38-39H,1,4-9,16-21,23H2,2-3H3,(H,46,47,48). The van der Waals surface area contributed by atoms with Gasteiger partial charge in [-0.15, -0.1) is 0 Å². The Morgan fingerprint density at radius 2 is 1.78 bits per heavy atom. The van der Waals surface area contributed by atoms with Crippen molar-refractivity contribution in [2.24, 2.45) is 5.92 Å². The quantitative estimate of drug-likeness (QED) is 0.275. The van der Waals surface area contributed by atoms with Crippen LogP contribution in [0.3, 0.4) is 0 Å². The Morgan fingerprint density at radius 3 is 2.53 bits per heavy atom. The van der Waals surface area contributed by atoms with E-state index in [9.17, 15) is 17.8 Å². The van der Waals surface area contributed by atoms with Crippen molar-refractivity contribution < 1.29 is 27.2 Å². The zero-order valence-electron chi connectivity index (χ0n) is 29.7. The van der Waals surface area contributed by atoms with Crippen LogP contribution < -0.4 is 4.90 Å². The SMILES string of the molecule is C=C1C2=CC3=C4N(CCC3OC2CCCc2ccc(CC(=O)C3CCC3)cc2C12CCOCC2)c1ccc2cc(S(=O)(=O)O)ccc2c1C4(C)C. The van der Waals surface area contributed by atoms with Crippen LogP contribution in [0.5, 0.6) is 0 Å². The summed E-state index contributed by atoms with van der Waals surface area (Å²) in [5, 5.41) is 1.78. The van der Waals surface area contributed by atoms with E-state index in [2.05, 4.69) is 49.1 Å². The molecule has 0 amide bonds.